The zero-order valence-electron chi connectivity index (χ0n) is 12.3. The van der Waals surface area contributed by atoms with Gasteiger partial charge >= 0.3 is 0 Å². The number of hydrogen-bond acceptors (Lipinski definition) is 2. The third-order valence-electron chi connectivity index (χ3n) is 3.39. The fraction of sp³-hybridized carbons (Fsp3) is 1.00. The molecule has 0 saturated heterocycles. The van der Waals surface area contributed by atoms with Crippen LogP contribution in [0.2, 0.25) is 0 Å². The molecule has 0 amide bonds. The number of hydrogen-bond donors (Lipinski definition) is 0. The molecule has 0 heterocycles. The van der Waals surface area contributed by atoms with E-state index in [1.165, 1.54) is 57.9 Å². The predicted octanol–water partition coefficient (Wildman–Crippen LogP) is 4.10. The molecule has 0 radical (unpaired) electrons. The zero-order chi connectivity index (χ0) is 12.8. The van der Waals surface area contributed by atoms with E-state index in [0.29, 0.717) is 0 Å². The predicted molar refractivity (Wildman–Crippen MR) is 76.6 cm³/mol. The lowest BCUT2D eigenvalue weighted by Crippen LogP contribution is -2.28. The Bertz CT molecular complexity index is 139. The molecule has 0 bridgehead atoms. The van der Waals surface area contributed by atoms with Crippen molar-refractivity contribution in [2.45, 2.75) is 65.2 Å². The van der Waals surface area contributed by atoms with Crippen molar-refractivity contribution in [3.63, 3.8) is 0 Å². The molecular formula is C15H33NO. The van der Waals surface area contributed by atoms with E-state index in [1.807, 2.05) is 0 Å². The third-order valence-corrected chi connectivity index (χ3v) is 3.39. The first kappa shape index (κ1) is 16.9. The molecule has 0 rings (SSSR count). The maximum atomic E-state index is 5.11. The van der Waals surface area contributed by atoms with Crippen LogP contribution in [-0.2, 0) is 4.74 Å². The Morgan fingerprint density at radius 3 is 1.88 bits per heavy atom. The highest BCUT2D eigenvalue weighted by Gasteiger charge is 2.00. The lowest BCUT2D eigenvalue weighted by atomic mass is 10.1. The van der Waals surface area contributed by atoms with Gasteiger partial charge < -0.3 is 9.64 Å². The number of unbranched alkanes of at least 4 members (excludes halogenated alkanes) is 7. The molecule has 0 unspecified atom stereocenters. The number of ether oxygens (including phenoxy) is 1. The van der Waals surface area contributed by atoms with Crippen molar-refractivity contribution in [2.75, 3.05) is 33.4 Å². The summed E-state index contributed by atoms with van der Waals surface area (Å²) < 4.78 is 5.11. The number of rotatable bonds is 13. The summed E-state index contributed by atoms with van der Waals surface area (Å²) in [5.74, 6) is 0. The lowest BCUT2D eigenvalue weighted by Gasteiger charge is -2.19. The Hall–Kier alpha value is -0.0800. The zero-order valence-corrected chi connectivity index (χ0v) is 12.3. The molecule has 2 nitrogen and oxygen atoms in total. The molecule has 104 valence electrons. The van der Waals surface area contributed by atoms with Crippen molar-refractivity contribution in [3.05, 3.63) is 0 Å². The average Bonchev–Trinajstić information content (AvgIpc) is 2.36. The van der Waals surface area contributed by atoms with Crippen LogP contribution in [-0.4, -0.2) is 38.3 Å². The van der Waals surface area contributed by atoms with Crippen LogP contribution in [0.15, 0.2) is 0 Å². The summed E-state index contributed by atoms with van der Waals surface area (Å²) in [4.78, 5) is 2.49. The lowest BCUT2D eigenvalue weighted by molar-refractivity contribution is 0.149. The van der Waals surface area contributed by atoms with Gasteiger partial charge in [0.05, 0.1) is 6.61 Å². The van der Waals surface area contributed by atoms with Crippen molar-refractivity contribution in [1.29, 1.82) is 0 Å². The fourth-order valence-electron chi connectivity index (χ4n) is 2.12. The molecule has 0 N–H and O–H groups in total. The van der Waals surface area contributed by atoms with Crippen molar-refractivity contribution in [1.82, 2.24) is 4.90 Å². The minimum absolute atomic E-state index is 0.866. The average molecular weight is 243 g/mol. The van der Waals surface area contributed by atoms with Gasteiger partial charge in [0.2, 0.25) is 0 Å². The summed E-state index contributed by atoms with van der Waals surface area (Å²) >= 11 is 0. The van der Waals surface area contributed by atoms with E-state index in [4.69, 9.17) is 4.74 Å². The van der Waals surface area contributed by atoms with Gasteiger partial charge in [0, 0.05) is 13.7 Å². The van der Waals surface area contributed by atoms with Crippen LogP contribution in [0, 0.1) is 0 Å². The molecule has 0 fully saturated rings. The first-order valence-electron chi connectivity index (χ1n) is 7.56. The highest BCUT2D eigenvalue weighted by molar-refractivity contribution is 4.55. The molecule has 0 aromatic rings. The van der Waals surface area contributed by atoms with Gasteiger partial charge in [-0.05, 0) is 19.5 Å². The SMILES string of the molecule is CCCCCCCCCCN(CC)CCOC. The summed E-state index contributed by atoms with van der Waals surface area (Å²) in [7, 11) is 1.78. The van der Waals surface area contributed by atoms with Crippen LogP contribution in [0.5, 0.6) is 0 Å². The third kappa shape index (κ3) is 12.2. The molecule has 0 aromatic carbocycles. The van der Waals surface area contributed by atoms with Gasteiger partial charge in [-0.25, -0.2) is 0 Å². The minimum Gasteiger partial charge on any atom is -0.383 e. The molecule has 0 aliphatic heterocycles. The van der Waals surface area contributed by atoms with E-state index >= 15 is 0 Å². The van der Waals surface area contributed by atoms with E-state index < -0.39 is 0 Å². The van der Waals surface area contributed by atoms with Crippen molar-refractivity contribution >= 4 is 0 Å². The Morgan fingerprint density at radius 2 is 1.35 bits per heavy atom. The first-order valence-corrected chi connectivity index (χ1v) is 7.56. The van der Waals surface area contributed by atoms with Gasteiger partial charge in [0.15, 0.2) is 0 Å². The molecule has 0 aliphatic rings. The van der Waals surface area contributed by atoms with Crippen LogP contribution in [0.3, 0.4) is 0 Å². The van der Waals surface area contributed by atoms with Crippen LogP contribution < -0.4 is 0 Å². The van der Waals surface area contributed by atoms with Gasteiger partial charge in [0.1, 0.15) is 0 Å². The minimum atomic E-state index is 0.866. The molecule has 0 aliphatic carbocycles. The molecule has 0 atom stereocenters. The smallest absolute Gasteiger partial charge is 0.0589 e. The summed E-state index contributed by atoms with van der Waals surface area (Å²) in [6.45, 7) is 8.86. The Kier molecular flexibility index (Phi) is 13.9. The quantitative estimate of drug-likeness (QED) is 0.452. The second kappa shape index (κ2) is 14.0. The van der Waals surface area contributed by atoms with E-state index in [1.54, 1.807) is 7.11 Å². The number of methoxy groups -OCH3 is 1. The molecule has 2 heteroatoms. The molecule has 0 saturated carbocycles. The molecule has 0 aromatic heterocycles. The van der Waals surface area contributed by atoms with Crippen molar-refractivity contribution < 1.29 is 4.74 Å². The van der Waals surface area contributed by atoms with Gasteiger partial charge in [-0.1, -0.05) is 58.8 Å². The van der Waals surface area contributed by atoms with Crippen LogP contribution in [0.4, 0.5) is 0 Å². The fourth-order valence-corrected chi connectivity index (χ4v) is 2.12. The van der Waals surface area contributed by atoms with Gasteiger partial charge in [-0.3, -0.25) is 0 Å². The monoisotopic (exact) mass is 243 g/mol. The maximum Gasteiger partial charge on any atom is 0.0589 e. The van der Waals surface area contributed by atoms with E-state index in [-0.39, 0.29) is 0 Å². The highest BCUT2D eigenvalue weighted by atomic mass is 16.5. The second-order valence-electron chi connectivity index (χ2n) is 4.90. The van der Waals surface area contributed by atoms with Gasteiger partial charge in [-0.15, -0.1) is 0 Å². The largest absolute Gasteiger partial charge is 0.383 e. The van der Waals surface area contributed by atoms with Crippen LogP contribution >= 0.6 is 0 Å². The Morgan fingerprint density at radius 1 is 0.765 bits per heavy atom. The van der Waals surface area contributed by atoms with Crippen LogP contribution in [0.25, 0.3) is 0 Å². The van der Waals surface area contributed by atoms with E-state index in [9.17, 15) is 0 Å². The van der Waals surface area contributed by atoms with Crippen LogP contribution in [0.1, 0.15) is 65.2 Å². The normalized spacial score (nSPS) is 11.3. The Labute approximate surface area is 109 Å². The van der Waals surface area contributed by atoms with Gasteiger partial charge in [0.25, 0.3) is 0 Å². The first-order chi connectivity index (χ1) is 8.35. The topological polar surface area (TPSA) is 12.5 Å². The molecule has 17 heavy (non-hydrogen) atoms. The maximum absolute atomic E-state index is 5.11. The van der Waals surface area contributed by atoms with E-state index in [0.717, 1.165) is 19.7 Å². The van der Waals surface area contributed by atoms with Crippen molar-refractivity contribution in [3.8, 4) is 0 Å². The number of likely N-dealkylation sites (N-methyl/N-ethyl adjacent to an activating group) is 1. The summed E-state index contributed by atoms with van der Waals surface area (Å²) in [5.41, 5.74) is 0. The van der Waals surface area contributed by atoms with Crippen molar-refractivity contribution in [2.24, 2.45) is 0 Å². The highest BCUT2D eigenvalue weighted by Crippen LogP contribution is 2.08. The summed E-state index contributed by atoms with van der Waals surface area (Å²) in [5, 5.41) is 0. The Balaban J connectivity index is 3.19. The molecule has 0 spiro atoms. The molecular weight excluding hydrogens is 210 g/mol. The van der Waals surface area contributed by atoms with Gasteiger partial charge in [-0.2, -0.15) is 0 Å². The van der Waals surface area contributed by atoms with E-state index in [2.05, 4.69) is 18.7 Å². The summed E-state index contributed by atoms with van der Waals surface area (Å²) in [6, 6.07) is 0. The number of nitrogens with zero attached hydrogens (tertiary/aromatic N) is 1. The standard InChI is InChI=1S/C15H33NO/c1-4-6-7-8-9-10-11-12-13-16(5-2)14-15-17-3/h4-15H2,1-3H3. The summed E-state index contributed by atoms with van der Waals surface area (Å²) in [6.07, 6.45) is 11.3. The second-order valence-corrected chi connectivity index (χ2v) is 4.90.